The van der Waals surface area contributed by atoms with E-state index in [1.54, 1.807) is 19.9 Å². The second-order valence-electron chi connectivity index (χ2n) is 6.98. The van der Waals surface area contributed by atoms with Crippen molar-refractivity contribution >= 4 is 17.4 Å². The predicted molar refractivity (Wildman–Crippen MR) is 106 cm³/mol. The van der Waals surface area contributed by atoms with Crippen LogP contribution in [0, 0.1) is 0 Å². The van der Waals surface area contributed by atoms with Crippen molar-refractivity contribution < 1.29 is 18.0 Å². The second kappa shape index (κ2) is 8.31. The summed E-state index contributed by atoms with van der Waals surface area (Å²) in [5, 5.41) is 1.82. The first-order valence-electron chi connectivity index (χ1n) is 9.03. The minimum atomic E-state index is -4.42. The molecule has 2 aromatic carbocycles. The van der Waals surface area contributed by atoms with Crippen molar-refractivity contribution in [1.29, 1.82) is 0 Å². The zero-order chi connectivity index (χ0) is 21.3. The number of hydrogen-bond donors (Lipinski definition) is 2. The average Bonchev–Trinajstić information content (AvgIpc) is 3.11. The van der Waals surface area contributed by atoms with Crippen molar-refractivity contribution in [2.75, 3.05) is 7.11 Å². The number of benzene rings is 2. The van der Waals surface area contributed by atoms with Gasteiger partial charge in [0, 0.05) is 22.7 Å². The molecule has 0 aromatic heterocycles. The monoisotopic (exact) mass is 426 g/mol. The Morgan fingerprint density at radius 1 is 1.24 bits per heavy atom. The summed E-state index contributed by atoms with van der Waals surface area (Å²) < 4.78 is 40.1. The summed E-state index contributed by atoms with van der Waals surface area (Å²) in [6, 6.07) is 9.37. The number of rotatable bonds is 5. The van der Waals surface area contributed by atoms with Gasteiger partial charge < -0.3 is 5.73 Å². The predicted octanol–water partition coefficient (Wildman–Crippen LogP) is 4.77. The van der Waals surface area contributed by atoms with E-state index in [0.29, 0.717) is 28.5 Å². The SMILES string of the molecule is CON1NC(c2cc(CN)ccc2Cl)N=C1c1ccc(C(F)(F)F)c(C(C)C)c1. The fourth-order valence-corrected chi connectivity index (χ4v) is 3.43. The van der Waals surface area contributed by atoms with Crippen LogP contribution in [0.1, 0.15) is 53.7 Å². The van der Waals surface area contributed by atoms with Gasteiger partial charge in [0.05, 0.1) is 12.7 Å². The van der Waals surface area contributed by atoms with Gasteiger partial charge in [0.1, 0.15) is 6.17 Å². The lowest BCUT2D eigenvalue weighted by molar-refractivity contribution is -0.138. The normalized spacial score (nSPS) is 17.2. The maximum atomic E-state index is 13.4. The van der Waals surface area contributed by atoms with E-state index in [0.717, 1.165) is 11.6 Å². The molecule has 9 heteroatoms. The Morgan fingerprint density at radius 2 is 1.97 bits per heavy atom. The molecule has 2 aromatic rings. The molecule has 0 amide bonds. The molecule has 0 aliphatic carbocycles. The Labute approximate surface area is 172 Å². The van der Waals surface area contributed by atoms with Crippen LogP contribution >= 0.6 is 11.6 Å². The van der Waals surface area contributed by atoms with Crippen LogP contribution in [0.2, 0.25) is 5.02 Å². The van der Waals surface area contributed by atoms with Crippen molar-refractivity contribution in [3.05, 3.63) is 69.2 Å². The summed E-state index contributed by atoms with van der Waals surface area (Å²) in [7, 11) is 1.44. The van der Waals surface area contributed by atoms with Crippen molar-refractivity contribution in [1.82, 2.24) is 10.6 Å². The lowest BCUT2D eigenvalue weighted by Crippen LogP contribution is -2.37. The molecule has 5 nitrogen and oxygen atoms in total. The molecule has 1 aliphatic heterocycles. The fourth-order valence-electron chi connectivity index (χ4n) is 3.21. The van der Waals surface area contributed by atoms with Crippen molar-refractivity contribution in [3.8, 4) is 0 Å². The second-order valence-corrected chi connectivity index (χ2v) is 7.38. The first-order valence-corrected chi connectivity index (χ1v) is 9.41. The molecule has 29 heavy (non-hydrogen) atoms. The number of nitrogens with zero attached hydrogens (tertiary/aromatic N) is 2. The van der Waals surface area contributed by atoms with Gasteiger partial charge in [0.25, 0.3) is 0 Å². The number of halogens is 4. The fraction of sp³-hybridized carbons (Fsp3) is 0.350. The van der Waals surface area contributed by atoms with Gasteiger partial charge in [-0.15, -0.1) is 0 Å². The Hall–Kier alpha value is -2.13. The topological polar surface area (TPSA) is 62.9 Å². The van der Waals surface area contributed by atoms with Crippen LogP contribution in [0.3, 0.4) is 0 Å². The Balaban J connectivity index is 2.05. The van der Waals surface area contributed by atoms with Crippen LogP contribution in [-0.2, 0) is 17.6 Å². The highest BCUT2D eigenvalue weighted by atomic mass is 35.5. The summed E-state index contributed by atoms with van der Waals surface area (Å²) in [6.45, 7) is 3.79. The standard InChI is InChI=1S/C20H22ClF3N4O/c1-11(2)14-9-13(5-6-16(14)20(22,23)24)19-26-18(27-28(19)29-3)15-8-12(10-25)4-7-17(15)21/h4-9,11,18,27H,10,25H2,1-3H3. The lowest BCUT2D eigenvalue weighted by atomic mass is 9.94. The van der Waals surface area contributed by atoms with Crippen LogP contribution < -0.4 is 11.2 Å². The molecule has 0 radical (unpaired) electrons. The summed E-state index contributed by atoms with van der Waals surface area (Å²) in [6.07, 6.45) is -4.98. The Kier molecular flexibility index (Phi) is 6.19. The van der Waals surface area contributed by atoms with Gasteiger partial charge in [-0.25, -0.2) is 4.99 Å². The summed E-state index contributed by atoms with van der Waals surface area (Å²) in [5.41, 5.74) is 10.4. The maximum Gasteiger partial charge on any atom is 0.416 e. The molecule has 3 rings (SSSR count). The zero-order valence-corrected chi connectivity index (χ0v) is 17.0. The van der Waals surface area contributed by atoms with Crippen LogP contribution in [0.5, 0.6) is 0 Å². The quantitative estimate of drug-likeness (QED) is 0.723. The largest absolute Gasteiger partial charge is 0.416 e. The first kappa shape index (κ1) is 21.6. The van der Waals surface area contributed by atoms with E-state index in [1.165, 1.54) is 24.4 Å². The van der Waals surface area contributed by atoms with E-state index in [2.05, 4.69) is 10.4 Å². The van der Waals surface area contributed by atoms with Crippen molar-refractivity contribution in [3.63, 3.8) is 0 Å². The molecule has 0 spiro atoms. The molecule has 1 unspecified atom stereocenters. The maximum absolute atomic E-state index is 13.4. The van der Waals surface area contributed by atoms with E-state index >= 15 is 0 Å². The zero-order valence-electron chi connectivity index (χ0n) is 16.2. The molecular weight excluding hydrogens is 405 g/mol. The van der Waals surface area contributed by atoms with Crippen molar-refractivity contribution in [2.45, 2.75) is 38.7 Å². The molecule has 3 N–H and O–H groups in total. The van der Waals surface area contributed by atoms with Crippen molar-refractivity contribution in [2.24, 2.45) is 10.7 Å². The lowest BCUT2D eigenvalue weighted by Gasteiger charge is -2.21. The summed E-state index contributed by atoms with van der Waals surface area (Å²) in [4.78, 5) is 9.93. The molecule has 0 fully saturated rings. The van der Waals surface area contributed by atoms with Gasteiger partial charge in [-0.1, -0.05) is 37.6 Å². The Morgan fingerprint density at radius 3 is 2.55 bits per heavy atom. The smallest absolute Gasteiger partial charge is 0.326 e. The van der Waals surface area contributed by atoms with E-state index in [4.69, 9.17) is 22.2 Å². The number of hydroxylamine groups is 1. The molecule has 1 aliphatic rings. The molecule has 0 saturated carbocycles. The van der Waals surface area contributed by atoms with E-state index in [9.17, 15) is 13.2 Å². The number of hydrogen-bond acceptors (Lipinski definition) is 5. The number of amidine groups is 1. The Bertz CT molecular complexity index is 930. The van der Waals surface area contributed by atoms with E-state index < -0.39 is 17.9 Å². The van der Waals surface area contributed by atoms with Crippen LogP contribution in [-0.4, -0.2) is 18.1 Å². The molecule has 156 valence electrons. The first-order chi connectivity index (χ1) is 13.7. The molecule has 1 heterocycles. The number of aliphatic imine (C=N–C) groups is 1. The average molecular weight is 427 g/mol. The molecule has 1 atom stereocenters. The summed E-state index contributed by atoms with van der Waals surface area (Å²) >= 11 is 6.32. The van der Waals surface area contributed by atoms with Gasteiger partial charge in [-0.2, -0.15) is 23.8 Å². The van der Waals surface area contributed by atoms with Gasteiger partial charge in [-0.05, 0) is 41.3 Å². The minimum absolute atomic E-state index is 0.195. The highest BCUT2D eigenvalue weighted by Gasteiger charge is 2.35. The number of nitrogens with two attached hydrogens (primary N) is 1. The molecule has 0 bridgehead atoms. The van der Waals surface area contributed by atoms with Gasteiger partial charge in [0.2, 0.25) is 0 Å². The van der Waals surface area contributed by atoms with Gasteiger partial charge in [-0.3, -0.25) is 4.84 Å². The van der Waals surface area contributed by atoms with Gasteiger partial charge in [0.15, 0.2) is 5.84 Å². The van der Waals surface area contributed by atoms with E-state index in [-0.39, 0.29) is 11.5 Å². The molecular formula is C20H22ClF3N4O. The van der Waals surface area contributed by atoms with Crippen LogP contribution in [0.4, 0.5) is 13.2 Å². The third-order valence-electron chi connectivity index (χ3n) is 4.69. The minimum Gasteiger partial charge on any atom is -0.326 e. The van der Waals surface area contributed by atoms with Gasteiger partial charge >= 0.3 is 6.18 Å². The number of nitrogens with one attached hydrogen (secondary N) is 1. The third kappa shape index (κ3) is 4.40. The van der Waals surface area contributed by atoms with E-state index in [1.807, 2.05) is 12.1 Å². The molecule has 0 saturated heterocycles. The van der Waals surface area contributed by atoms with Crippen LogP contribution in [0.15, 0.2) is 41.4 Å². The van der Waals surface area contributed by atoms with Crippen LogP contribution in [0.25, 0.3) is 0 Å². The third-order valence-corrected chi connectivity index (χ3v) is 5.04. The number of alkyl halides is 3. The highest BCUT2D eigenvalue weighted by Crippen LogP contribution is 2.37. The highest BCUT2D eigenvalue weighted by molar-refractivity contribution is 6.31. The number of hydrazine groups is 1. The summed E-state index contributed by atoms with van der Waals surface area (Å²) in [5.74, 6) is 0.0475.